The van der Waals surface area contributed by atoms with Crippen molar-refractivity contribution >= 4 is 28.2 Å². The second-order valence-corrected chi connectivity index (χ2v) is 5.12. The van der Waals surface area contributed by atoms with Crippen molar-refractivity contribution in [2.24, 2.45) is 0 Å². The summed E-state index contributed by atoms with van der Waals surface area (Å²) in [5.74, 6) is 2.58. The zero-order valence-corrected chi connectivity index (χ0v) is 12.6. The Morgan fingerprint density at radius 3 is 2.75 bits per heavy atom. The molecule has 0 amide bonds. The predicted molar refractivity (Wildman–Crippen MR) is 86.0 cm³/mol. The molecule has 1 aromatic heterocycles. The average molecular weight is 293 g/mol. The monoisotopic (exact) mass is 292 g/mol. The molecule has 0 fully saturated rings. The molecule has 0 bridgehead atoms. The lowest BCUT2D eigenvalue weighted by molar-refractivity contribution is 0.420. The van der Waals surface area contributed by atoms with Crippen LogP contribution in [0.15, 0.2) is 30.5 Å². The van der Waals surface area contributed by atoms with E-state index in [1.54, 1.807) is 7.11 Å². The van der Waals surface area contributed by atoms with E-state index in [0.29, 0.717) is 0 Å². The summed E-state index contributed by atoms with van der Waals surface area (Å²) in [6, 6.07) is 8.02. The zero-order valence-electron chi connectivity index (χ0n) is 11.9. The van der Waals surface area contributed by atoms with E-state index in [-0.39, 0.29) is 0 Å². The molecule has 0 radical (unpaired) electrons. The van der Waals surface area contributed by atoms with E-state index in [1.165, 1.54) is 12.8 Å². The molecular weight excluding hydrogens is 272 g/mol. The van der Waals surface area contributed by atoms with Crippen LogP contribution in [0.25, 0.3) is 10.8 Å². The van der Waals surface area contributed by atoms with Gasteiger partial charge in [-0.15, -0.1) is 11.6 Å². The van der Waals surface area contributed by atoms with Crippen molar-refractivity contribution in [2.75, 3.05) is 24.9 Å². The molecule has 20 heavy (non-hydrogen) atoms. The molecule has 0 saturated carbocycles. The molecule has 0 spiro atoms. The third-order valence-electron chi connectivity index (χ3n) is 3.34. The van der Waals surface area contributed by atoms with Gasteiger partial charge >= 0.3 is 0 Å². The van der Waals surface area contributed by atoms with Crippen LogP contribution < -0.4 is 10.1 Å². The van der Waals surface area contributed by atoms with E-state index in [1.807, 2.05) is 24.4 Å². The summed E-state index contributed by atoms with van der Waals surface area (Å²) in [7, 11) is 1.69. The van der Waals surface area contributed by atoms with Crippen molar-refractivity contribution < 1.29 is 4.74 Å². The normalized spacial score (nSPS) is 10.7. The maximum Gasteiger partial charge on any atom is 0.133 e. The molecule has 0 aliphatic heterocycles. The Morgan fingerprint density at radius 2 is 1.95 bits per heavy atom. The first-order valence-electron chi connectivity index (χ1n) is 7.08. The van der Waals surface area contributed by atoms with Gasteiger partial charge in [0.25, 0.3) is 0 Å². The number of methoxy groups -OCH3 is 1. The first-order chi connectivity index (χ1) is 9.86. The Kier molecular flexibility index (Phi) is 5.93. The molecule has 2 rings (SSSR count). The minimum absolute atomic E-state index is 0.762. The van der Waals surface area contributed by atoms with Crippen LogP contribution in [0.1, 0.15) is 25.7 Å². The maximum atomic E-state index is 5.67. The number of alkyl halides is 1. The quantitative estimate of drug-likeness (QED) is 0.576. The lowest BCUT2D eigenvalue weighted by Crippen LogP contribution is -2.04. The number of rotatable bonds is 8. The van der Waals surface area contributed by atoms with Crippen LogP contribution in [-0.2, 0) is 0 Å². The summed E-state index contributed by atoms with van der Waals surface area (Å²) in [4.78, 5) is 4.43. The second kappa shape index (κ2) is 7.95. The lowest BCUT2D eigenvalue weighted by Gasteiger charge is -2.10. The van der Waals surface area contributed by atoms with Gasteiger partial charge in [-0.25, -0.2) is 4.98 Å². The number of nitrogens with zero attached hydrogens (tertiary/aromatic N) is 1. The highest BCUT2D eigenvalue weighted by molar-refractivity contribution is 6.17. The second-order valence-electron chi connectivity index (χ2n) is 4.74. The Hall–Kier alpha value is -1.48. The summed E-state index contributed by atoms with van der Waals surface area (Å²) >= 11 is 5.67. The molecule has 4 heteroatoms. The molecule has 0 aliphatic carbocycles. The topological polar surface area (TPSA) is 34.1 Å². The maximum absolute atomic E-state index is 5.67. The highest BCUT2D eigenvalue weighted by atomic mass is 35.5. The number of hydrogen-bond donors (Lipinski definition) is 1. The number of pyridine rings is 1. The number of fused-ring (bicyclic) bond motifs is 1. The number of aromatic nitrogens is 1. The van der Waals surface area contributed by atoms with Crippen molar-refractivity contribution in [3.05, 3.63) is 30.5 Å². The van der Waals surface area contributed by atoms with E-state index in [2.05, 4.69) is 16.4 Å². The number of unbranched alkanes of at least 4 members (excludes halogenated alkanes) is 3. The van der Waals surface area contributed by atoms with E-state index < -0.39 is 0 Å². The third kappa shape index (κ3) is 3.76. The molecule has 0 aliphatic rings. The summed E-state index contributed by atoms with van der Waals surface area (Å²) < 4.78 is 5.38. The number of ether oxygens (including phenoxy) is 1. The van der Waals surface area contributed by atoms with E-state index in [0.717, 1.165) is 47.6 Å². The van der Waals surface area contributed by atoms with Gasteiger partial charge in [0.1, 0.15) is 11.6 Å². The predicted octanol–water partition coefficient (Wildman–Crippen LogP) is 4.45. The van der Waals surface area contributed by atoms with Crippen molar-refractivity contribution in [3.8, 4) is 5.75 Å². The lowest BCUT2D eigenvalue weighted by atomic mass is 10.1. The Balaban J connectivity index is 2.00. The highest BCUT2D eigenvalue weighted by Crippen LogP contribution is 2.28. The number of halogens is 1. The van der Waals surface area contributed by atoms with Crippen LogP contribution in [0.2, 0.25) is 0 Å². The molecule has 3 nitrogen and oxygen atoms in total. The van der Waals surface area contributed by atoms with E-state index >= 15 is 0 Å². The first kappa shape index (κ1) is 14.9. The van der Waals surface area contributed by atoms with Crippen molar-refractivity contribution in [2.45, 2.75) is 25.7 Å². The molecule has 0 saturated heterocycles. The van der Waals surface area contributed by atoms with Gasteiger partial charge in [-0.3, -0.25) is 0 Å². The molecule has 2 aromatic rings. The van der Waals surface area contributed by atoms with Gasteiger partial charge in [-0.1, -0.05) is 25.0 Å². The Morgan fingerprint density at radius 1 is 1.10 bits per heavy atom. The Labute approximate surface area is 125 Å². The van der Waals surface area contributed by atoms with Crippen LogP contribution in [0.5, 0.6) is 5.75 Å². The largest absolute Gasteiger partial charge is 0.496 e. The third-order valence-corrected chi connectivity index (χ3v) is 3.61. The molecule has 1 heterocycles. The summed E-state index contributed by atoms with van der Waals surface area (Å²) in [6.07, 6.45) is 6.46. The van der Waals surface area contributed by atoms with Gasteiger partial charge in [0.05, 0.1) is 7.11 Å². The van der Waals surface area contributed by atoms with Gasteiger partial charge in [-0.05, 0) is 25.0 Å². The number of benzene rings is 1. The molecule has 1 aromatic carbocycles. The standard InChI is InChI=1S/C16H21ClN2O/c1-20-15-8-6-7-14-13(15)9-12-19-16(14)18-11-5-3-2-4-10-17/h6-9,12H,2-5,10-11H2,1H3,(H,18,19). The SMILES string of the molecule is COc1cccc2c(NCCCCCCCl)nccc12. The van der Waals surface area contributed by atoms with E-state index in [4.69, 9.17) is 16.3 Å². The minimum atomic E-state index is 0.762. The molecule has 0 unspecified atom stereocenters. The first-order valence-corrected chi connectivity index (χ1v) is 7.62. The summed E-state index contributed by atoms with van der Waals surface area (Å²) in [6.45, 7) is 0.936. The van der Waals surface area contributed by atoms with Crippen molar-refractivity contribution in [1.82, 2.24) is 4.98 Å². The fourth-order valence-corrected chi connectivity index (χ4v) is 2.47. The number of hydrogen-bond acceptors (Lipinski definition) is 3. The van der Waals surface area contributed by atoms with E-state index in [9.17, 15) is 0 Å². The smallest absolute Gasteiger partial charge is 0.133 e. The van der Waals surface area contributed by atoms with Gasteiger partial charge in [-0.2, -0.15) is 0 Å². The molecule has 0 atom stereocenters. The minimum Gasteiger partial charge on any atom is -0.496 e. The van der Waals surface area contributed by atoms with Gasteiger partial charge < -0.3 is 10.1 Å². The van der Waals surface area contributed by atoms with Crippen LogP contribution in [-0.4, -0.2) is 24.5 Å². The molecule has 1 N–H and O–H groups in total. The molecule has 108 valence electrons. The number of anilines is 1. The van der Waals surface area contributed by atoms with Crippen LogP contribution in [0.4, 0.5) is 5.82 Å². The van der Waals surface area contributed by atoms with Gasteiger partial charge in [0.2, 0.25) is 0 Å². The zero-order chi connectivity index (χ0) is 14.2. The van der Waals surface area contributed by atoms with Gasteiger partial charge in [0.15, 0.2) is 0 Å². The number of nitrogens with one attached hydrogen (secondary N) is 1. The average Bonchev–Trinajstić information content (AvgIpc) is 2.50. The molecular formula is C16H21ClN2O. The van der Waals surface area contributed by atoms with Crippen molar-refractivity contribution in [1.29, 1.82) is 0 Å². The van der Waals surface area contributed by atoms with Gasteiger partial charge in [0, 0.05) is 29.4 Å². The summed E-state index contributed by atoms with van der Waals surface area (Å²) in [5, 5.41) is 5.61. The Bertz CT molecular complexity index is 545. The van der Waals surface area contributed by atoms with Crippen LogP contribution >= 0.6 is 11.6 Å². The fourth-order valence-electron chi connectivity index (χ4n) is 2.28. The van der Waals surface area contributed by atoms with Crippen molar-refractivity contribution in [3.63, 3.8) is 0 Å². The summed E-state index contributed by atoms with van der Waals surface area (Å²) in [5.41, 5.74) is 0. The highest BCUT2D eigenvalue weighted by Gasteiger charge is 2.05. The van der Waals surface area contributed by atoms with Crippen LogP contribution in [0, 0.1) is 0 Å². The van der Waals surface area contributed by atoms with Crippen LogP contribution in [0.3, 0.4) is 0 Å². The fraction of sp³-hybridized carbons (Fsp3) is 0.438.